The number of methoxy groups -OCH3 is 2. The lowest BCUT2D eigenvalue weighted by Gasteiger charge is -2.14. The number of hydrogen-bond acceptors (Lipinski definition) is 8. The number of aromatic nitrogens is 1. The van der Waals surface area contributed by atoms with Crippen LogP contribution in [0.2, 0.25) is 0 Å². The molecule has 10 heteroatoms. The molecule has 0 spiro atoms. The van der Waals surface area contributed by atoms with Crippen LogP contribution in [0.25, 0.3) is 10.6 Å². The number of sulfonamides is 1. The van der Waals surface area contributed by atoms with Crippen LogP contribution in [0.4, 0.5) is 5.69 Å². The van der Waals surface area contributed by atoms with E-state index >= 15 is 0 Å². The first-order chi connectivity index (χ1) is 16.9. The molecule has 35 heavy (non-hydrogen) atoms. The number of esters is 1. The summed E-state index contributed by atoms with van der Waals surface area (Å²) in [7, 11) is -1.15. The van der Waals surface area contributed by atoms with Crippen molar-refractivity contribution in [3.63, 3.8) is 0 Å². The highest BCUT2D eigenvalue weighted by Gasteiger charge is 2.21. The van der Waals surface area contributed by atoms with Crippen LogP contribution in [0.15, 0.2) is 83.1 Å². The number of carbonyl (C=O) groups is 1. The monoisotopic (exact) mass is 510 g/mol. The molecule has 0 unspecified atom stereocenters. The van der Waals surface area contributed by atoms with E-state index in [1.165, 1.54) is 55.9 Å². The Balaban J connectivity index is 1.49. The van der Waals surface area contributed by atoms with Gasteiger partial charge in [-0.25, -0.2) is 18.2 Å². The summed E-state index contributed by atoms with van der Waals surface area (Å²) in [5.74, 6) is -0.0148. The summed E-state index contributed by atoms with van der Waals surface area (Å²) >= 11 is 1.45. The van der Waals surface area contributed by atoms with Crippen LogP contribution in [0.1, 0.15) is 16.1 Å². The Morgan fingerprint density at radius 2 is 1.66 bits per heavy atom. The van der Waals surface area contributed by atoms with Gasteiger partial charge in [0.2, 0.25) is 0 Å². The predicted molar refractivity (Wildman–Crippen MR) is 133 cm³/mol. The first-order valence-corrected chi connectivity index (χ1v) is 12.8. The summed E-state index contributed by atoms with van der Waals surface area (Å²) in [5.41, 5.74) is 1.75. The highest BCUT2D eigenvalue weighted by Crippen LogP contribution is 2.31. The fraction of sp³-hybridized carbons (Fsp3) is 0.120. The van der Waals surface area contributed by atoms with Crippen LogP contribution in [0.3, 0.4) is 0 Å². The third kappa shape index (κ3) is 5.61. The van der Waals surface area contributed by atoms with Gasteiger partial charge in [0.25, 0.3) is 10.0 Å². The number of nitrogens with zero attached hydrogens (tertiary/aromatic N) is 1. The summed E-state index contributed by atoms with van der Waals surface area (Å²) < 4.78 is 44.2. The topological polar surface area (TPSA) is 104 Å². The zero-order chi connectivity index (χ0) is 24.8. The normalized spacial score (nSPS) is 11.0. The standard InChI is InChI=1S/C25H22N2O6S2/c1-31-22-13-12-19(14-23(22)32-2)35(29,30)27-21-11-7-6-10-20(21)25(28)33-15-18-16-34-24(26-18)17-8-4-3-5-9-17/h3-14,16,27H,15H2,1-2H3. The molecule has 0 fully saturated rings. The van der Waals surface area contributed by atoms with E-state index in [0.29, 0.717) is 11.4 Å². The highest BCUT2D eigenvalue weighted by atomic mass is 32.2. The molecule has 0 saturated heterocycles. The molecule has 0 radical (unpaired) electrons. The molecule has 1 aromatic heterocycles. The van der Waals surface area contributed by atoms with Crippen molar-refractivity contribution in [1.29, 1.82) is 0 Å². The maximum absolute atomic E-state index is 13.0. The number of para-hydroxylation sites is 1. The summed E-state index contributed by atoms with van der Waals surface area (Å²) in [6.07, 6.45) is 0. The molecule has 3 aromatic carbocycles. The van der Waals surface area contributed by atoms with Crippen LogP contribution in [0.5, 0.6) is 11.5 Å². The van der Waals surface area contributed by atoms with Crippen LogP contribution >= 0.6 is 11.3 Å². The zero-order valence-corrected chi connectivity index (χ0v) is 20.6. The number of rotatable bonds is 9. The minimum atomic E-state index is -4.03. The maximum atomic E-state index is 13.0. The van der Waals surface area contributed by atoms with Crippen molar-refractivity contribution in [2.45, 2.75) is 11.5 Å². The summed E-state index contributed by atoms with van der Waals surface area (Å²) in [4.78, 5) is 17.3. The van der Waals surface area contributed by atoms with Crippen molar-refractivity contribution in [2.75, 3.05) is 18.9 Å². The van der Waals surface area contributed by atoms with Gasteiger partial charge in [0.15, 0.2) is 11.5 Å². The molecule has 4 aromatic rings. The molecule has 0 aliphatic carbocycles. The zero-order valence-electron chi connectivity index (χ0n) is 18.9. The molecular formula is C25H22N2O6S2. The van der Waals surface area contributed by atoms with Crippen molar-refractivity contribution in [2.24, 2.45) is 0 Å². The van der Waals surface area contributed by atoms with E-state index in [4.69, 9.17) is 14.2 Å². The highest BCUT2D eigenvalue weighted by molar-refractivity contribution is 7.92. The van der Waals surface area contributed by atoms with Crippen molar-refractivity contribution >= 4 is 33.0 Å². The number of hydrogen-bond donors (Lipinski definition) is 1. The SMILES string of the molecule is COc1ccc(S(=O)(=O)Nc2ccccc2C(=O)OCc2csc(-c3ccccc3)n2)cc1OC. The first kappa shape index (κ1) is 24.2. The third-order valence-electron chi connectivity index (χ3n) is 4.98. The van der Waals surface area contributed by atoms with E-state index < -0.39 is 16.0 Å². The number of ether oxygens (including phenoxy) is 3. The number of thiazole rings is 1. The van der Waals surface area contributed by atoms with Gasteiger partial charge >= 0.3 is 5.97 Å². The van der Waals surface area contributed by atoms with Crippen LogP contribution in [-0.2, 0) is 21.4 Å². The molecule has 0 aliphatic heterocycles. The Morgan fingerprint density at radius 1 is 0.943 bits per heavy atom. The molecule has 0 aliphatic rings. The van der Waals surface area contributed by atoms with E-state index in [1.807, 2.05) is 35.7 Å². The van der Waals surface area contributed by atoms with Crippen LogP contribution < -0.4 is 14.2 Å². The minimum Gasteiger partial charge on any atom is -0.493 e. The average Bonchev–Trinajstić information content (AvgIpc) is 3.36. The molecule has 0 saturated carbocycles. The minimum absolute atomic E-state index is 0.0427. The van der Waals surface area contributed by atoms with E-state index in [-0.39, 0.29) is 28.5 Å². The van der Waals surface area contributed by atoms with Gasteiger partial charge in [-0.15, -0.1) is 11.3 Å². The molecule has 8 nitrogen and oxygen atoms in total. The first-order valence-electron chi connectivity index (χ1n) is 10.4. The van der Waals surface area contributed by atoms with Crippen molar-refractivity contribution < 1.29 is 27.4 Å². The third-order valence-corrected chi connectivity index (χ3v) is 7.28. The number of benzene rings is 3. The van der Waals surface area contributed by atoms with Crippen molar-refractivity contribution in [3.05, 3.63) is 89.4 Å². The molecule has 180 valence electrons. The molecule has 0 amide bonds. The number of carbonyl (C=O) groups excluding carboxylic acids is 1. The maximum Gasteiger partial charge on any atom is 0.340 e. The van der Waals surface area contributed by atoms with Gasteiger partial charge in [-0.3, -0.25) is 4.72 Å². The van der Waals surface area contributed by atoms with Crippen LogP contribution in [-0.4, -0.2) is 33.6 Å². The van der Waals surface area contributed by atoms with E-state index in [2.05, 4.69) is 9.71 Å². The van der Waals surface area contributed by atoms with E-state index in [0.717, 1.165) is 10.6 Å². The molecule has 1 heterocycles. The fourth-order valence-electron chi connectivity index (χ4n) is 3.24. The second kappa shape index (κ2) is 10.6. The summed E-state index contributed by atoms with van der Waals surface area (Å²) in [6, 6.07) is 20.1. The van der Waals surface area contributed by atoms with Crippen LogP contribution in [0, 0.1) is 0 Å². The second-order valence-corrected chi connectivity index (χ2v) is 9.79. The predicted octanol–water partition coefficient (Wildman–Crippen LogP) is 4.99. The van der Waals surface area contributed by atoms with Gasteiger partial charge in [-0.1, -0.05) is 42.5 Å². The van der Waals surface area contributed by atoms with Gasteiger partial charge in [0.1, 0.15) is 11.6 Å². The molecule has 0 bridgehead atoms. The lowest BCUT2D eigenvalue weighted by atomic mass is 10.2. The second-order valence-electron chi connectivity index (χ2n) is 7.25. The van der Waals surface area contributed by atoms with Crippen molar-refractivity contribution in [3.8, 4) is 22.1 Å². The molecule has 0 atom stereocenters. The number of anilines is 1. The summed E-state index contributed by atoms with van der Waals surface area (Å²) in [6.45, 7) is -0.0427. The Bertz CT molecular complexity index is 1440. The van der Waals surface area contributed by atoms with Crippen molar-refractivity contribution in [1.82, 2.24) is 4.98 Å². The Kier molecular flexibility index (Phi) is 7.33. The smallest absolute Gasteiger partial charge is 0.340 e. The van der Waals surface area contributed by atoms with Gasteiger partial charge in [-0.05, 0) is 24.3 Å². The quantitative estimate of drug-likeness (QED) is 0.317. The fourth-order valence-corrected chi connectivity index (χ4v) is 5.15. The van der Waals surface area contributed by atoms with E-state index in [9.17, 15) is 13.2 Å². The van der Waals surface area contributed by atoms with Gasteiger partial charge in [0.05, 0.1) is 36.1 Å². The largest absolute Gasteiger partial charge is 0.493 e. The lowest BCUT2D eigenvalue weighted by molar-refractivity contribution is 0.0470. The molecular weight excluding hydrogens is 488 g/mol. The van der Waals surface area contributed by atoms with E-state index in [1.54, 1.807) is 12.1 Å². The van der Waals surface area contributed by atoms with Gasteiger partial charge in [0, 0.05) is 17.0 Å². The Labute approximate surface area is 207 Å². The number of nitrogens with one attached hydrogen (secondary N) is 1. The average molecular weight is 511 g/mol. The Morgan fingerprint density at radius 3 is 2.40 bits per heavy atom. The lowest BCUT2D eigenvalue weighted by Crippen LogP contribution is -2.16. The van der Waals surface area contributed by atoms with Gasteiger partial charge < -0.3 is 14.2 Å². The molecule has 1 N–H and O–H groups in total. The Hall–Kier alpha value is -3.89. The molecule has 4 rings (SSSR count). The summed E-state index contributed by atoms with van der Waals surface area (Å²) in [5, 5.41) is 2.64. The van der Waals surface area contributed by atoms with Gasteiger partial charge in [-0.2, -0.15) is 0 Å².